The van der Waals surface area contributed by atoms with E-state index in [1.807, 2.05) is 12.3 Å². The number of hydrogen-bond donors (Lipinski definition) is 0. The van der Waals surface area contributed by atoms with Gasteiger partial charge in [0.1, 0.15) is 5.15 Å². The van der Waals surface area contributed by atoms with Crippen molar-refractivity contribution < 1.29 is 0 Å². The van der Waals surface area contributed by atoms with Gasteiger partial charge in [0.15, 0.2) is 5.65 Å². The van der Waals surface area contributed by atoms with Crippen molar-refractivity contribution in [3.05, 3.63) is 53.3 Å². The van der Waals surface area contributed by atoms with Crippen molar-refractivity contribution in [3.8, 4) is 11.3 Å². The number of piperidine rings is 1. The fourth-order valence-corrected chi connectivity index (χ4v) is 3.34. The van der Waals surface area contributed by atoms with Crippen molar-refractivity contribution in [2.45, 2.75) is 25.8 Å². The predicted octanol–water partition coefficient (Wildman–Crippen LogP) is 4.04. The van der Waals surface area contributed by atoms with Gasteiger partial charge in [-0.1, -0.05) is 42.3 Å². The number of likely N-dealkylation sites (tertiary alicyclic amines) is 1. The Morgan fingerprint density at radius 3 is 2.52 bits per heavy atom. The number of rotatable bonds is 3. The van der Waals surface area contributed by atoms with Crippen LogP contribution in [0.1, 0.15) is 24.8 Å². The van der Waals surface area contributed by atoms with Crippen LogP contribution in [0, 0.1) is 0 Å². The van der Waals surface area contributed by atoms with Crippen molar-refractivity contribution in [1.29, 1.82) is 0 Å². The molecule has 1 aromatic carbocycles. The summed E-state index contributed by atoms with van der Waals surface area (Å²) in [5.74, 6) is 0. The van der Waals surface area contributed by atoms with E-state index in [0.717, 1.165) is 23.4 Å². The van der Waals surface area contributed by atoms with Crippen LogP contribution in [0.5, 0.6) is 0 Å². The third-order valence-corrected chi connectivity index (χ3v) is 4.64. The van der Waals surface area contributed by atoms with E-state index < -0.39 is 0 Å². The summed E-state index contributed by atoms with van der Waals surface area (Å²) in [4.78, 5) is 6.92. The van der Waals surface area contributed by atoms with E-state index in [9.17, 15) is 0 Å². The Morgan fingerprint density at radius 2 is 1.74 bits per heavy atom. The van der Waals surface area contributed by atoms with E-state index in [4.69, 9.17) is 11.6 Å². The third kappa shape index (κ3) is 3.09. The van der Waals surface area contributed by atoms with E-state index in [-0.39, 0.29) is 0 Å². The number of nitrogens with zero attached hydrogens (tertiary/aromatic N) is 4. The summed E-state index contributed by atoms with van der Waals surface area (Å²) in [7, 11) is 0. The fraction of sp³-hybridized carbons (Fsp3) is 0.333. The van der Waals surface area contributed by atoms with Crippen LogP contribution < -0.4 is 0 Å². The highest BCUT2D eigenvalue weighted by atomic mass is 35.5. The van der Waals surface area contributed by atoms with Gasteiger partial charge in [-0.2, -0.15) is 5.10 Å². The zero-order valence-corrected chi connectivity index (χ0v) is 13.7. The maximum absolute atomic E-state index is 6.00. The smallest absolute Gasteiger partial charge is 0.154 e. The number of imidazole rings is 1. The average Bonchev–Trinajstić information content (AvgIpc) is 2.99. The molecular weight excluding hydrogens is 308 g/mol. The minimum absolute atomic E-state index is 0.471. The molecule has 3 heterocycles. The largest absolute Gasteiger partial charge is 0.299 e. The molecule has 0 atom stereocenters. The molecule has 0 N–H and O–H groups in total. The summed E-state index contributed by atoms with van der Waals surface area (Å²) in [6, 6.07) is 12.3. The molecule has 0 radical (unpaired) electrons. The second-order valence-electron chi connectivity index (χ2n) is 6.10. The van der Waals surface area contributed by atoms with E-state index >= 15 is 0 Å². The Bertz CT molecular complexity index is 804. The number of hydrogen-bond acceptors (Lipinski definition) is 3. The molecule has 1 aliphatic heterocycles. The molecule has 0 bridgehead atoms. The molecule has 1 fully saturated rings. The van der Waals surface area contributed by atoms with Gasteiger partial charge in [-0.25, -0.2) is 9.50 Å². The molecule has 0 unspecified atom stereocenters. The van der Waals surface area contributed by atoms with Crippen LogP contribution in [0.2, 0.25) is 5.15 Å². The number of halogens is 1. The monoisotopic (exact) mass is 326 g/mol. The van der Waals surface area contributed by atoms with Crippen molar-refractivity contribution in [2.24, 2.45) is 0 Å². The lowest BCUT2D eigenvalue weighted by atomic mass is 10.1. The molecule has 1 aliphatic rings. The second-order valence-corrected chi connectivity index (χ2v) is 6.49. The molecule has 2 aromatic heterocycles. The quantitative estimate of drug-likeness (QED) is 0.728. The zero-order valence-electron chi connectivity index (χ0n) is 13.0. The minimum atomic E-state index is 0.471. The Kier molecular flexibility index (Phi) is 4.02. The Balaban J connectivity index is 1.58. The first-order valence-corrected chi connectivity index (χ1v) is 8.49. The average molecular weight is 327 g/mol. The van der Waals surface area contributed by atoms with Crippen molar-refractivity contribution in [1.82, 2.24) is 19.5 Å². The fourth-order valence-electron chi connectivity index (χ4n) is 3.20. The number of aromatic nitrogens is 3. The van der Waals surface area contributed by atoms with Crippen molar-refractivity contribution >= 4 is 17.2 Å². The van der Waals surface area contributed by atoms with Crippen LogP contribution in [-0.2, 0) is 6.54 Å². The lowest BCUT2D eigenvalue weighted by Gasteiger charge is -2.26. The van der Waals surface area contributed by atoms with Gasteiger partial charge in [0.2, 0.25) is 0 Å². The van der Waals surface area contributed by atoms with Crippen LogP contribution in [0.25, 0.3) is 16.9 Å². The van der Waals surface area contributed by atoms with Gasteiger partial charge in [-0.15, -0.1) is 0 Å². The van der Waals surface area contributed by atoms with Crippen molar-refractivity contribution in [2.75, 3.05) is 13.1 Å². The summed E-state index contributed by atoms with van der Waals surface area (Å²) in [6.45, 7) is 3.48. The second kappa shape index (κ2) is 6.30. The highest BCUT2D eigenvalue weighted by Gasteiger charge is 2.11. The molecule has 4 rings (SSSR count). The molecule has 0 spiro atoms. The molecule has 5 heteroatoms. The zero-order chi connectivity index (χ0) is 15.6. The van der Waals surface area contributed by atoms with Gasteiger partial charge in [-0.3, -0.25) is 4.90 Å². The van der Waals surface area contributed by atoms with Gasteiger partial charge < -0.3 is 0 Å². The first-order chi connectivity index (χ1) is 11.3. The van der Waals surface area contributed by atoms with Crippen LogP contribution in [0.3, 0.4) is 0 Å². The van der Waals surface area contributed by atoms with Gasteiger partial charge in [0.05, 0.1) is 11.9 Å². The number of fused-ring (bicyclic) bond motifs is 1. The molecule has 1 saturated heterocycles. The molecular formula is C18H19ClN4. The van der Waals surface area contributed by atoms with E-state index in [1.54, 1.807) is 10.6 Å². The maximum Gasteiger partial charge on any atom is 0.154 e. The first kappa shape index (κ1) is 14.7. The molecule has 0 saturated carbocycles. The summed E-state index contributed by atoms with van der Waals surface area (Å²) in [5, 5.41) is 4.81. The third-order valence-electron chi connectivity index (χ3n) is 4.43. The Hall–Kier alpha value is -1.91. The van der Waals surface area contributed by atoms with Crippen LogP contribution >= 0.6 is 11.6 Å². The standard InChI is InChI=1S/C18H19ClN4/c19-17-8-9-18-20-12-16(23(18)21-17)15-6-4-14(5-7-15)13-22-10-2-1-3-11-22/h4-9,12H,1-3,10-11,13H2. The lowest BCUT2D eigenvalue weighted by Crippen LogP contribution is -2.28. The highest BCUT2D eigenvalue weighted by molar-refractivity contribution is 6.29. The summed E-state index contributed by atoms with van der Waals surface area (Å²) >= 11 is 6.00. The van der Waals surface area contributed by atoms with Gasteiger partial charge in [0.25, 0.3) is 0 Å². The Morgan fingerprint density at radius 1 is 0.957 bits per heavy atom. The molecule has 3 aromatic rings. The van der Waals surface area contributed by atoms with Crippen LogP contribution in [0.4, 0.5) is 0 Å². The molecule has 4 nitrogen and oxygen atoms in total. The molecule has 0 amide bonds. The highest BCUT2D eigenvalue weighted by Crippen LogP contribution is 2.22. The summed E-state index contributed by atoms with van der Waals surface area (Å²) < 4.78 is 1.79. The summed E-state index contributed by atoms with van der Waals surface area (Å²) in [6.07, 6.45) is 5.87. The molecule has 118 valence electrons. The van der Waals surface area contributed by atoms with Gasteiger partial charge in [0, 0.05) is 12.1 Å². The van der Waals surface area contributed by atoms with Crippen LogP contribution in [0.15, 0.2) is 42.6 Å². The predicted molar refractivity (Wildman–Crippen MR) is 92.6 cm³/mol. The van der Waals surface area contributed by atoms with Crippen molar-refractivity contribution in [3.63, 3.8) is 0 Å². The van der Waals surface area contributed by atoms with E-state index in [0.29, 0.717) is 5.15 Å². The van der Waals surface area contributed by atoms with Gasteiger partial charge >= 0.3 is 0 Å². The molecule has 0 aliphatic carbocycles. The van der Waals surface area contributed by atoms with Crippen LogP contribution in [-0.4, -0.2) is 32.6 Å². The van der Waals surface area contributed by atoms with Gasteiger partial charge in [-0.05, 0) is 43.6 Å². The molecule has 23 heavy (non-hydrogen) atoms. The SMILES string of the molecule is Clc1ccc2ncc(-c3ccc(CN4CCCCC4)cc3)n2n1. The normalized spacial score (nSPS) is 16.0. The summed E-state index contributed by atoms with van der Waals surface area (Å²) in [5.41, 5.74) is 4.24. The first-order valence-electron chi connectivity index (χ1n) is 8.11. The minimum Gasteiger partial charge on any atom is -0.299 e. The number of benzene rings is 1. The Labute approximate surface area is 140 Å². The van der Waals surface area contributed by atoms with E-state index in [2.05, 4.69) is 39.2 Å². The van der Waals surface area contributed by atoms with E-state index in [1.165, 1.54) is 37.9 Å². The lowest BCUT2D eigenvalue weighted by molar-refractivity contribution is 0.221. The maximum atomic E-state index is 6.00. The topological polar surface area (TPSA) is 33.4 Å².